The Labute approximate surface area is 216 Å². The Balaban J connectivity index is 1.91. The van der Waals surface area contributed by atoms with Crippen molar-refractivity contribution >= 4 is 6.03 Å². The van der Waals surface area contributed by atoms with Gasteiger partial charge < -0.3 is 15.4 Å². The van der Waals surface area contributed by atoms with Crippen molar-refractivity contribution in [3.63, 3.8) is 0 Å². The van der Waals surface area contributed by atoms with Crippen LogP contribution in [0.25, 0.3) is 11.4 Å². The number of urea groups is 1. The van der Waals surface area contributed by atoms with Crippen LogP contribution >= 0.6 is 0 Å². The number of benzene rings is 2. The van der Waals surface area contributed by atoms with E-state index in [1.165, 1.54) is 0 Å². The first kappa shape index (κ1) is 26.7. The number of amides is 2. The quantitative estimate of drug-likeness (QED) is 0.506. The summed E-state index contributed by atoms with van der Waals surface area (Å²) in [5.41, 5.74) is 7.48. The molecule has 0 aliphatic carbocycles. The van der Waals surface area contributed by atoms with Gasteiger partial charge in [0.05, 0.1) is 30.4 Å². The number of nitrogens with two attached hydrogens (primary N) is 1. The molecule has 1 aromatic heterocycles. The molecule has 3 unspecified atom stereocenters. The molecule has 1 saturated heterocycles. The van der Waals surface area contributed by atoms with Gasteiger partial charge in [0.15, 0.2) is 5.82 Å². The van der Waals surface area contributed by atoms with Gasteiger partial charge in [-0.1, -0.05) is 50.6 Å². The monoisotopic (exact) mass is 511 g/mol. The predicted molar refractivity (Wildman–Crippen MR) is 138 cm³/mol. The molecular weight excluding hydrogens is 476 g/mol. The first-order chi connectivity index (χ1) is 17.3. The molecule has 2 aromatic carbocycles. The highest BCUT2D eigenvalue weighted by Gasteiger charge is 2.47. The van der Waals surface area contributed by atoms with Crippen LogP contribution in [0.2, 0.25) is 0 Å². The molecule has 2 heterocycles. The number of aromatic nitrogens is 3. The minimum absolute atomic E-state index is 0.0229. The molecule has 0 radical (unpaired) electrons. The van der Waals surface area contributed by atoms with Crippen LogP contribution in [0.15, 0.2) is 42.5 Å². The summed E-state index contributed by atoms with van der Waals surface area (Å²) < 4.78 is 36.8. The normalized spacial score (nSPS) is 21.2. The summed E-state index contributed by atoms with van der Waals surface area (Å²) in [6.07, 6.45) is -0.527. The molecule has 3 aromatic rings. The molecule has 198 valence electrons. The topological polar surface area (TPSA) is 86.3 Å². The fourth-order valence-corrected chi connectivity index (χ4v) is 5.35. The minimum Gasteiger partial charge on any atom is -0.372 e. The van der Waals surface area contributed by atoms with Crippen molar-refractivity contribution in [2.45, 2.75) is 72.3 Å². The summed E-state index contributed by atoms with van der Waals surface area (Å²) in [6.45, 7) is 12.7. The average Bonchev–Trinajstić information content (AvgIpc) is 3.18. The smallest absolute Gasteiger partial charge is 0.315 e. The second-order valence-corrected chi connectivity index (χ2v) is 11.0. The first-order valence-corrected chi connectivity index (χ1v) is 12.5. The second-order valence-electron chi connectivity index (χ2n) is 11.0. The number of carbonyl (C=O) groups is 1. The molecule has 1 aliphatic heterocycles. The van der Waals surface area contributed by atoms with Crippen molar-refractivity contribution in [2.75, 3.05) is 6.54 Å². The Bertz CT molecular complexity index is 1290. The average molecular weight is 512 g/mol. The van der Waals surface area contributed by atoms with Crippen LogP contribution in [0.4, 0.5) is 13.6 Å². The van der Waals surface area contributed by atoms with Crippen molar-refractivity contribution in [2.24, 2.45) is 11.1 Å². The summed E-state index contributed by atoms with van der Waals surface area (Å²) in [6, 6.07) is 10.2. The third-order valence-electron chi connectivity index (χ3n) is 6.86. The maximum absolute atomic E-state index is 14.8. The number of hydrogen-bond acceptors (Lipinski definition) is 4. The van der Waals surface area contributed by atoms with Crippen LogP contribution in [-0.4, -0.2) is 50.5 Å². The molecule has 1 aliphatic rings. The lowest BCUT2D eigenvalue weighted by Crippen LogP contribution is -2.61. The predicted octanol–water partition coefficient (Wildman–Crippen LogP) is 5.27. The Morgan fingerprint density at radius 3 is 2.57 bits per heavy atom. The van der Waals surface area contributed by atoms with Gasteiger partial charge in [-0.25, -0.2) is 23.2 Å². The molecule has 37 heavy (non-hydrogen) atoms. The number of nitrogens with zero attached hydrogens (tertiary/aromatic N) is 4. The molecule has 2 N–H and O–H groups in total. The Hall–Kier alpha value is -3.33. The molecule has 1 fully saturated rings. The van der Waals surface area contributed by atoms with Gasteiger partial charge in [0.2, 0.25) is 0 Å². The molecule has 9 heteroatoms. The zero-order valence-electron chi connectivity index (χ0n) is 22.2. The summed E-state index contributed by atoms with van der Waals surface area (Å²) in [5.74, 6) is -0.949. The number of primary amides is 1. The fraction of sp³-hybridized carbons (Fsp3) is 0.464. The molecule has 0 spiro atoms. The van der Waals surface area contributed by atoms with Gasteiger partial charge in [0.1, 0.15) is 17.5 Å². The highest BCUT2D eigenvalue weighted by Crippen LogP contribution is 2.43. The second kappa shape index (κ2) is 10.2. The lowest BCUT2D eigenvalue weighted by Gasteiger charge is -2.48. The number of aryl methyl sites for hydroxylation is 1. The maximum Gasteiger partial charge on any atom is 0.315 e. The van der Waals surface area contributed by atoms with Gasteiger partial charge in [-0.2, -0.15) is 5.10 Å². The third-order valence-corrected chi connectivity index (χ3v) is 6.86. The number of hydrogen-bond donors (Lipinski definition) is 1. The minimum atomic E-state index is -0.616. The lowest BCUT2D eigenvalue weighted by molar-refractivity contribution is -0.104. The summed E-state index contributed by atoms with van der Waals surface area (Å²) in [4.78, 5) is 19.0. The fourth-order valence-electron chi connectivity index (χ4n) is 5.35. The van der Waals surface area contributed by atoms with Gasteiger partial charge in [0.25, 0.3) is 0 Å². The largest absolute Gasteiger partial charge is 0.372 e. The van der Waals surface area contributed by atoms with E-state index in [0.29, 0.717) is 18.9 Å². The Kier molecular flexibility index (Phi) is 7.37. The van der Waals surface area contributed by atoms with Crippen LogP contribution in [0.5, 0.6) is 0 Å². The maximum atomic E-state index is 14.8. The van der Waals surface area contributed by atoms with Crippen LogP contribution in [-0.2, 0) is 11.3 Å². The van der Waals surface area contributed by atoms with E-state index in [2.05, 4.69) is 25.9 Å². The van der Waals surface area contributed by atoms with Crippen LogP contribution in [0.3, 0.4) is 0 Å². The number of ether oxygens (including phenoxy) is 1. The van der Waals surface area contributed by atoms with E-state index in [0.717, 1.165) is 29.3 Å². The van der Waals surface area contributed by atoms with Crippen LogP contribution in [0, 0.1) is 24.0 Å². The van der Waals surface area contributed by atoms with Crippen molar-refractivity contribution in [1.29, 1.82) is 0 Å². The molecule has 0 saturated carbocycles. The molecule has 2 amide bonds. The van der Waals surface area contributed by atoms with Gasteiger partial charge in [-0.15, -0.1) is 0 Å². The van der Waals surface area contributed by atoms with E-state index in [4.69, 9.17) is 15.5 Å². The SMILES string of the molecule is Cc1cccc(Cn2nc(-c3cc(F)ccc3F)nc2[C@@H](C2C(C)OC(C)CN2C(N)=O)C(C)(C)C)c1. The van der Waals surface area contributed by atoms with Gasteiger partial charge in [0, 0.05) is 12.5 Å². The molecule has 4 rings (SSSR count). The summed E-state index contributed by atoms with van der Waals surface area (Å²) >= 11 is 0. The number of morpholine rings is 1. The van der Waals surface area contributed by atoms with Crippen LogP contribution in [0.1, 0.15) is 57.5 Å². The van der Waals surface area contributed by atoms with Gasteiger partial charge >= 0.3 is 6.03 Å². The van der Waals surface area contributed by atoms with E-state index < -0.39 is 29.1 Å². The Morgan fingerprint density at radius 2 is 1.92 bits per heavy atom. The zero-order chi connectivity index (χ0) is 27.1. The molecule has 0 bridgehead atoms. The highest BCUT2D eigenvalue weighted by atomic mass is 19.1. The summed E-state index contributed by atoms with van der Waals surface area (Å²) in [7, 11) is 0. The van der Waals surface area contributed by atoms with Gasteiger partial charge in [-0.05, 0) is 49.9 Å². The molecular formula is C28H35F2N5O2. The zero-order valence-corrected chi connectivity index (χ0v) is 22.2. The number of rotatable bonds is 5. The van der Waals surface area contributed by atoms with Crippen LogP contribution < -0.4 is 5.73 Å². The van der Waals surface area contributed by atoms with E-state index >= 15 is 0 Å². The third kappa shape index (κ3) is 5.66. The standard InChI is InChI=1S/C28H35F2N5O2/c1-16-8-7-9-19(12-16)15-35-26(32-25(33-35)21-13-20(29)10-11-22(21)30)23(28(4,5)6)24-18(3)37-17(2)14-34(24)27(31)36/h7-13,17-18,23-24H,14-15H2,1-6H3,(H2,31,36)/t17?,18?,23-,24?/m1/s1. The highest BCUT2D eigenvalue weighted by molar-refractivity contribution is 5.73. The van der Waals surface area contributed by atoms with E-state index in [1.807, 2.05) is 45.0 Å². The van der Waals surface area contributed by atoms with Gasteiger partial charge in [-0.3, -0.25) is 0 Å². The van der Waals surface area contributed by atoms with Crippen molar-refractivity contribution in [3.8, 4) is 11.4 Å². The van der Waals surface area contributed by atoms with Crippen molar-refractivity contribution in [3.05, 3.63) is 71.1 Å². The van der Waals surface area contributed by atoms with Crippen molar-refractivity contribution in [1.82, 2.24) is 19.7 Å². The van der Waals surface area contributed by atoms with E-state index in [9.17, 15) is 13.6 Å². The van der Waals surface area contributed by atoms with E-state index in [1.54, 1.807) is 9.58 Å². The molecule has 4 atom stereocenters. The lowest BCUT2D eigenvalue weighted by atomic mass is 9.73. The first-order valence-electron chi connectivity index (χ1n) is 12.5. The number of halogens is 2. The Morgan fingerprint density at radius 1 is 1.19 bits per heavy atom. The number of carbonyl (C=O) groups excluding carboxylic acids is 1. The molecule has 7 nitrogen and oxygen atoms in total. The summed E-state index contributed by atoms with van der Waals surface area (Å²) in [5, 5.41) is 4.67. The van der Waals surface area contributed by atoms with Crippen molar-refractivity contribution < 1.29 is 18.3 Å². The van der Waals surface area contributed by atoms with E-state index in [-0.39, 0.29) is 29.5 Å².